The highest BCUT2D eigenvalue weighted by atomic mass is 79.9. The molecule has 1 heterocycles. The van der Waals surface area contributed by atoms with Crippen LogP contribution in [0.3, 0.4) is 0 Å². The molecule has 136 valence electrons. The van der Waals surface area contributed by atoms with Gasteiger partial charge in [0.05, 0.1) is 0 Å². The molecule has 1 fully saturated rings. The van der Waals surface area contributed by atoms with Gasteiger partial charge in [-0.1, -0.05) is 67.6 Å². The number of benzene rings is 2. The van der Waals surface area contributed by atoms with E-state index in [4.69, 9.17) is 0 Å². The monoisotopic (exact) mass is 403 g/mol. The van der Waals surface area contributed by atoms with Crippen molar-refractivity contribution in [1.82, 2.24) is 4.90 Å². The molecule has 3 unspecified atom stereocenters. The molecule has 2 aromatic carbocycles. The van der Waals surface area contributed by atoms with Crippen LogP contribution >= 0.6 is 17.0 Å². The molecule has 3 heteroatoms. The van der Waals surface area contributed by atoms with E-state index >= 15 is 0 Å². The number of nitrogens with zero attached hydrogens (tertiary/aromatic N) is 1. The first kappa shape index (κ1) is 20.2. The van der Waals surface area contributed by atoms with Crippen molar-refractivity contribution >= 4 is 17.0 Å². The second kappa shape index (κ2) is 8.48. The summed E-state index contributed by atoms with van der Waals surface area (Å²) in [4.78, 5) is 2.56. The molecule has 1 aliphatic heterocycles. The fourth-order valence-electron chi connectivity index (χ4n) is 4.18. The minimum atomic E-state index is -0.968. The zero-order valence-electron chi connectivity index (χ0n) is 15.4. The van der Waals surface area contributed by atoms with Gasteiger partial charge < -0.3 is 5.11 Å². The van der Waals surface area contributed by atoms with Crippen LogP contribution in [0.15, 0.2) is 60.7 Å². The summed E-state index contributed by atoms with van der Waals surface area (Å²) in [5.74, 6) is 0.102. The molecule has 1 N–H and O–H groups in total. The summed E-state index contributed by atoms with van der Waals surface area (Å²) in [6.07, 6.45) is 2.51. The van der Waals surface area contributed by atoms with Crippen LogP contribution in [0.25, 0.3) is 0 Å². The van der Waals surface area contributed by atoms with Gasteiger partial charge >= 0.3 is 0 Å². The second-order valence-corrected chi connectivity index (χ2v) is 7.37. The van der Waals surface area contributed by atoms with E-state index in [1.807, 2.05) is 60.7 Å². The van der Waals surface area contributed by atoms with Crippen LogP contribution in [0.1, 0.15) is 44.7 Å². The number of aliphatic hydroxyl groups is 1. The highest BCUT2D eigenvalue weighted by Gasteiger charge is 2.40. The van der Waals surface area contributed by atoms with Crippen molar-refractivity contribution < 1.29 is 5.11 Å². The Bertz CT molecular complexity index is 596. The maximum Gasteiger partial charge on any atom is 0.118 e. The van der Waals surface area contributed by atoms with Gasteiger partial charge in [0.25, 0.3) is 0 Å². The summed E-state index contributed by atoms with van der Waals surface area (Å²) < 4.78 is 0. The molecule has 0 bridgehead atoms. The van der Waals surface area contributed by atoms with E-state index in [0.29, 0.717) is 12.1 Å². The first-order chi connectivity index (χ1) is 11.5. The zero-order valence-corrected chi connectivity index (χ0v) is 17.1. The highest BCUT2D eigenvalue weighted by molar-refractivity contribution is 8.93. The van der Waals surface area contributed by atoms with Gasteiger partial charge in [-0.2, -0.15) is 0 Å². The van der Waals surface area contributed by atoms with Crippen LogP contribution in [0, 0.1) is 5.92 Å². The van der Waals surface area contributed by atoms with E-state index < -0.39 is 5.60 Å². The van der Waals surface area contributed by atoms with Crippen molar-refractivity contribution in [3.8, 4) is 0 Å². The number of hydrogen-bond donors (Lipinski definition) is 1. The van der Waals surface area contributed by atoms with Gasteiger partial charge in [0.2, 0.25) is 0 Å². The second-order valence-electron chi connectivity index (χ2n) is 7.37. The number of likely N-dealkylation sites (tertiary alicyclic amines) is 1. The van der Waals surface area contributed by atoms with Crippen LogP contribution in [-0.2, 0) is 5.60 Å². The summed E-state index contributed by atoms with van der Waals surface area (Å²) in [7, 11) is 0. The van der Waals surface area contributed by atoms with Crippen LogP contribution in [-0.4, -0.2) is 28.6 Å². The Labute approximate surface area is 162 Å². The molecular formula is C22H30BrNO. The largest absolute Gasteiger partial charge is 0.380 e. The Hall–Kier alpha value is -1.16. The van der Waals surface area contributed by atoms with E-state index in [0.717, 1.165) is 17.7 Å². The third-order valence-corrected chi connectivity index (χ3v) is 5.76. The van der Waals surface area contributed by atoms with E-state index in [1.54, 1.807) is 0 Å². The van der Waals surface area contributed by atoms with Gasteiger partial charge in [0.15, 0.2) is 0 Å². The van der Waals surface area contributed by atoms with E-state index in [-0.39, 0.29) is 22.9 Å². The standard InChI is InChI=1S/C22H29NO.BrH/c1-17(16-23-18(2)14-15-19(23)3)22(24,20-10-6-4-7-11-20)21-12-8-5-9-13-21;/h4-13,17-19,24H,14-16H2,1-3H3;1H. The van der Waals surface area contributed by atoms with E-state index in [2.05, 4.69) is 25.7 Å². The lowest BCUT2D eigenvalue weighted by atomic mass is 9.76. The molecule has 3 rings (SSSR count). The van der Waals surface area contributed by atoms with Gasteiger partial charge in [0, 0.05) is 24.5 Å². The number of halogens is 1. The average Bonchev–Trinajstić information content (AvgIpc) is 2.94. The molecule has 1 saturated heterocycles. The predicted octanol–water partition coefficient (Wildman–Crippen LogP) is 5.01. The zero-order chi connectivity index (χ0) is 17.2. The quantitative estimate of drug-likeness (QED) is 0.757. The summed E-state index contributed by atoms with van der Waals surface area (Å²) >= 11 is 0. The van der Waals surface area contributed by atoms with Crippen molar-refractivity contribution in [2.24, 2.45) is 5.92 Å². The van der Waals surface area contributed by atoms with Gasteiger partial charge in [-0.3, -0.25) is 4.90 Å². The highest BCUT2D eigenvalue weighted by Crippen LogP contribution is 2.38. The topological polar surface area (TPSA) is 23.5 Å². The van der Waals surface area contributed by atoms with Crippen LogP contribution < -0.4 is 0 Å². The SMILES string of the molecule is Br.CC1CCC(C)N1CC(C)C(O)(c1ccccc1)c1ccccc1. The molecule has 2 nitrogen and oxygen atoms in total. The summed E-state index contributed by atoms with van der Waals surface area (Å²) in [5, 5.41) is 11.8. The van der Waals surface area contributed by atoms with E-state index in [1.165, 1.54) is 12.8 Å². The molecule has 0 amide bonds. The van der Waals surface area contributed by atoms with Crippen molar-refractivity contribution in [2.75, 3.05) is 6.54 Å². The predicted molar refractivity (Wildman–Crippen MR) is 110 cm³/mol. The lowest BCUT2D eigenvalue weighted by Gasteiger charge is -2.39. The third kappa shape index (κ3) is 3.99. The fraction of sp³-hybridized carbons (Fsp3) is 0.455. The fourth-order valence-corrected chi connectivity index (χ4v) is 4.18. The number of rotatable bonds is 5. The maximum absolute atomic E-state index is 11.8. The van der Waals surface area contributed by atoms with E-state index in [9.17, 15) is 5.11 Å². The van der Waals surface area contributed by atoms with Crippen molar-refractivity contribution in [1.29, 1.82) is 0 Å². The maximum atomic E-state index is 11.8. The molecule has 0 radical (unpaired) electrons. The van der Waals surface area contributed by atoms with Crippen molar-refractivity contribution in [2.45, 2.75) is 51.3 Å². The molecular weight excluding hydrogens is 374 g/mol. The Morgan fingerprint density at radius 3 is 1.72 bits per heavy atom. The molecule has 2 aromatic rings. The molecule has 0 aromatic heterocycles. The minimum Gasteiger partial charge on any atom is -0.380 e. The molecule has 0 spiro atoms. The first-order valence-corrected chi connectivity index (χ1v) is 9.12. The molecule has 1 aliphatic rings. The Balaban J connectivity index is 0.00000225. The Kier molecular flexibility index (Phi) is 6.84. The van der Waals surface area contributed by atoms with Gasteiger partial charge in [-0.15, -0.1) is 17.0 Å². The normalized spacial score (nSPS) is 22.4. The summed E-state index contributed by atoms with van der Waals surface area (Å²) in [5.41, 5.74) is 0.983. The van der Waals surface area contributed by atoms with Crippen LogP contribution in [0.4, 0.5) is 0 Å². The molecule has 0 saturated carbocycles. The Morgan fingerprint density at radius 2 is 1.32 bits per heavy atom. The van der Waals surface area contributed by atoms with Gasteiger partial charge in [-0.05, 0) is 37.8 Å². The Morgan fingerprint density at radius 1 is 0.920 bits per heavy atom. The van der Waals surface area contributed by atoms with Gasteiger partial charge in [-0.25, -0.2) is 0 Å². The average molecular weight is 404 g/mol. The third-order valence-electron chi connectivity index (χ3n) is 5.76. The smallest absolute Gasteiger partial charge is 0.118 e. The molecule has 3 atom stereocenters. The van der Waals surface area contributed by atoms with Gasteiger partial charge in [0.1, 0.15) is 5.60 Å². The molecule has 25 heavy (non-hydrogen) atoms. The van der Waals surface area contributed by atoms with Crippen LogP contribution in [0.5, 0.6) is 0 Å². The lowest BCUT2D eigenvalue weighted by Crippen LogP contribution is -2.44. The number of hydrogen-bond acceptors (Lipinski definition) is 2. The van der Waals surface area contributed by atoms with Crippen LogP contribution in [0.2, 0.25) is 0 Å². The van der Waals surface area contributed by atoms with Crippen molar-refractivity contribution in [3.63, 3.8) is 0 Å². The summed E-state index contributed by atoms with van der Waals surface area (Å²) in [6.45, 7) is 7.70. The first-order valence-electron chi connectivity index (χ1n) is 9.12. The molecule has 0 aliphatic carbocycles. The summed E-state index contributed by atoms with van der Waals surface area (Å²) in [6, 6.07) is 21.4. The lowest BCUT2D eigenvalue weighted by molar-refractivity contribution is 0.00158. The van der Waals surface area contributed by atoms with Crippen molar-refractivity contribution in [3.05, 3.63) is 71.8 Å². The minimum absolute atomic E-state index is 0.